The van der Waals surface area contributed by atoms with Gasteiger partial charge >= 0.3 is 0 Å². The molecule has 1 aliphatic rings. The number of benzene rings is 1. The molecule has 21 heavy (non-hydrogen) atoms. The van der Waals surface area contributed by atoms with Crippen LogP contribution in [0, 0.1) is 5.92 Å². The van der Waals surface area contributed by atoms with Crippen molar-refractivity contribution in [2.45, 2.75) is 26.8 Å². The Kier molecular flexibility index (Phi) is 3.84. The van der Waals surface area contributed by atoms with Crippen LogP contribution in [0.2, 0.25) is 0 Å². The second-order valence-electron chi connectivity index (χ2n) is 5.06. The summed E-state index contributed by atoms with van der Waals surface area (Å²) in [6.45, 7) is 4.53. The summed E-state index contributed by atoms with van der Waals surface area (Å²) < 4.78 is 0. The molecule has 1 N–H and O–H groups in total. The first-order valence-electron chi connectivity index (χ1n) is 7.05. The van der Waals surface area contributed by atoms with Gasteiger partial charge in [0.2, 0.25) is 5.91 Å². The summed E-state index contributed by atoms with van der Waals surface area (Å²) in [6.07, 6.45) is 0.882. The minimum atomic E-state index is -0.0778. The van der Waals surface area contributed by atoms with Gasteiger partial charge in [0.1, 0.15) is 10.0 Å². The lowest BCUT2D eigenvalue weighted by Crippen LogP contribution is -2.25. The van der Waals surface area contributed by atoms with Gasteiger partial charge in [-0.05, 0) is 24.5 Å². The van der Waals surface area contributed by atoms with E-state index in [0.717, 1.165) is 33.1 Å². The van der Waals surface area contributed by atoms with Crippen LogP contribution in [0.3, 0.4) is 0 Å². The maximum atomic E-state index is 12.3. The van der Waals surface area contributed by atoms with Crippen LogP contribution in [-0.4, -0.2) is 16.1 Å². The van der Waals surface area contributed by atoms with Crippen LogP contribution in [0.15, 0.2) is 35.9 Å². The van der Waals surface area contributed by atoms with Crippen LogP contribution in [0.1, 0.15) is 29.4 Å². The van der Waals surface area contributed by atoms with Crippen molar-refractivity contribution in [1.82, 2.24) is 15.5 Å². The first-order chi connectivity index (χ1) is 10.2. The average molecular weight is 299 g/mol. The highest BCUT2D eigenvalue weighted by molar-refractivity contribution is 7.11. The van der Waals surface area contributed by atoms with Crippen LogP contribution in [0.4, 0.5) is 0 Å². The fraction of sp³-hybridized carbons (Fsp3) is 0.312. The lowest BCUT2D eigenvalue weighted by molar-refractivity contribution is -0.121. The smallest absolute Gasteiger partial charge is 0.232 e. The molecule has 2 aromatic rings. The lowest BCUT2D eigenvalue weighted by atomic mass is 10.1. The molecule has 3 rings (SSSR count). The van der Waals surface area contributed by atoms with Crippen LogP contribution in [-0.2, 0) is 17.8 Å². The van der Waals surface area contributed by atoms with Crippen molar-refractivity contribution >= 4 is 22.8 Å². The minimum Gasteiger partial charge on any atom is -0.349 e. The van der Waals surface area contributed by atoms with Crippen molar-refractivity contribution in [2.75, 3.05) is 0 Å². The first kappa shape index (κ1) is 13.9. The molecule has 1 aromatic heterocycles. The Morgan fingerprint density at radius 1 is 1.24 bits per heavy atom. The largest absolute Gasteiger partial charge is 0.349 e. The van der Waals surface area contributed by atoms with Crippen molar-refractivity contribution in [3.05, 3.63) is 51.5 Å². The third kappa shape index (κ3) is 2.88. The predicted molar refractivity (Wildman–Crippen MR) is 83.7 cm³/mol. The second kappa shape index (κ2) is 5.77. The highest BCUT2D eigenvalue weighted by atomic mass is 32.1. The number of carbonyl (C=O) groups is 1. The van der Waals surface area contributed by atoms with E-state index in [9.17, 15) is 4.79 Å². The number of hydrogen-bond acceptors (Lipinski definition) is 4. The maximum absolute atomic E-state index is 12.3. The van der Waals surface area contributed by atoms with Gasteiger partial charge in [-0.25, -0.2) is 0 Å². The molecule has 0 fully saturated rings. The van der Waals surface area contributed by atoms with E-state index in [1.54, 1.807) is 11.3 Å². The number of nitrogens with one attached hydrogen (secondary N) is 1. The summed E-state index contributed by atoms with van der Waals surface area (Å²) in [5.74, 6) is -0.0226. The Labute approximate surface area is 127 Å². The fourth-order valence-electron chi connectivity index (χ4n) is 2.44. The molecule has 5 heteroatoms. The van der Waals surface area contributed by atoms with Crippen molar-refractivity contribution in [3.63, 3.8) is 0 Å². The Hall–Kier alpha value is -2.01. The van der Waals surface area contributed by atoms with Crippen molar-refractivity contribution in [1.29, 1.82) is 0 Å². The number of amides is 1. The van der Waals surface area contributed by atoms with Crippen molar-refractivity contribution in [3.8, 4) is 0 Å². The molecule has 4 nitrogen and oxygen atoms in total. The molecule has 0 unspecified atom stereocenters. The highest BCUT2D eigenvalue weighted by Crippen LogP contribution is 2.46. The molecule has 1 atom stereocenters. The maximum Gasteiger partial charge on any atom is 0.232 e. The van der Waals surface area contributed by atoms with E-state index in [0.29, 0.717) is 6.54 Å². The Morgan fingerprint density at radius 2 is 1.95 bits per heavy atom. The van der Waals surface area contributed by atoms with E-state index in [2.05, 4.69) is 15.5 Å². The summed E-state index contributed by atoms with van der Waals surface area (Å²) >= 11 is 1.55. The van der Waals surface area contributed by atoms with Gasteiger partial charge in [0.15, 0.2) is 0 Å². The lowest BCUT2D eigenvalue weighted by Gasteiger charge is -2.03. The molecule has 108 valence electrons. The zero-order chi connectivity index (χ0) is 14.8. The summed E-state index contributed by atoms with van der Waals surface area (Å²) in [5.41, 5.74) is 3.45. The highest BCUT2D eigenvalue weighted by Gasteiger charge is 2.39. The fourth-order valence-corrected chi connectivity index (χ4v) is 3.16. The normalized spacial score (nSPS) is 17.0. The molecular formula is C16H17N3OS. The standard InChI is InChI=1S/C16H17N3OS/c1-3-12-18-19-13(21-12)9-17-16(20)15-10(2)14(15)11-7-5-4-6-8-11/h4-8,15H,3,9H2,1-2H3,(H,17,20)/t15-/m1/s1. The van der Waals surface area contributed by atoms with E-state index in [1.165, 1.54) is 0 Å². The summed E-state index contributed by atoms with van der Waals surface area (Å²) in [7, 11) is 0. The summed E-state index contributed by atoms with van der Waals surface area (Å²) in [4.78, 5) is 12.3. The molecule has 1 aliphatic carbocycles. The van der Waals surface area contributed by atoms with Gasteiger partial charge in [-0.3, -0.25) is 4.79 Å². The van der Waals surface area contributed by atoms with Gasteiger partial charge in [-0.2, -0.15) is 0 Å². The molecule has 0 aliphatic heterocycles. The van der Waals surface area contributed by atoms with Gasteiger partial charge < -0.3 is 5.32 Å². The second-order valence-corrected chi connectivity index (χ2v) is 6.20. The van der Waals surface area contributed by atoms with Crippen LogP contribution < -0.4 is 5.32 Å². The minimum absolute atomic E-state index is 0.0552. The first-order valence-corrected chi connectivity index (χ1v) is 7.87. The zero-order valence-corrected chi connectivity index (χ0v) is 12.9. The third-order valence-electron chi connectivity index (χ3n) is 3.64. The molecule has 1 amide bonds. The zero-order valence-electron chi connectivity index (χ0n) is 12.1. The number of aromatic nitrogens is 2. The van der Waals surface area contributed by atoms with E-state index >= 15 is 0 Å². The van der Waals surface area contributed by atoms with Gasteiger partial charge in [0.05, 0.1) is 12.5 Å². The Balaban J connectivity index is 1.58. The van der Waals surface area contributed by atoms with Crippen molar-refractivity contribution < 1.29 is 4.79 Å². The van der Waals surface area contributed by atoms with Gasteiger partial charge in [0.25, 0.3) is 0 Å². The van der Waals surface area contributed by atoms with Crippen molar-refractivity contribution in [2.24, 2.45) is 5.92 Å². The quantitative estimate of drug-likeness (QED) is 0.923. The number of rotatable bonds is 5. The Morgan fingerprint density at radius 3 is 2.62 bits per heavy atom. The van der Waals surface area contributed by atoms with Gasteiger partial charge in [-0.1, -0.05) is 54.2 Å². The van der Waals surface area contributed by atoms with Crippen LogP contribution in [0.25, 0.3) is 5.57 Å². The summed E-state index contributed by atoms with van der Waals surface area (Å²) in [5, 5.41) is 13.0. The average Bonchev–Trinajstić information content (AvgIpc) is 2.98. The van der Waals surface area contributed by atoms with E-state index < -0.39 is 0 Å². The van der Waals surface area contributed by atoms with E-state index in [4.69, 9.17) is 0 Å². The van der Waals surface area contributed by atoms with Gasteiger partial charge in [0, 0.05) is 0 Å². The summed E-state index contributed by atoms with van der Waals surface area (Å²) in [6, 6.07) is 10.1. The molecule has 0 spiro atoms. The molecule has 0 saturated carbocycles. The monoisotopic (exact) mass is 299 g/mol. The Bertz CT molecular complexity index is 691. The number of aryl methyl sites for hydroxylation is 1. The molecule has 0 saturated heterocycles. The topological polar surface area (TPSA) is 54.9 Å². The third-order valence-corrected chi connectivity index (χ3v) is 4.70. The number of nitrogens with zero attached hydrogens (tertiary/aromatic N) is 2. The molecule has 0 radical (unpaired) electrons. The number of carbonyl (C=O) groups excluding carboxylic acids is 1. The molecule has 0 bridgehead atoms. The predicted octanol–water partition coefficient (Wildman–Crippen LogP) is 2.82. The molecule has 1 heterocycles. The molecular weight excluding hydrogens is 282 g/mol. The number of hydrogen-bond donors (Lipinski definition) is 1. The molecule has 1 aromatic carbocycles. The van der Waals surface area contributed by atoms with E-state index in [-0.39, 0.29) is 11.8 Å². The van der Waals surface area contributed by atoms with Crippen LogP contribution in [0.5, 0.6) is 0 Å². The van der Waals surface area contributed by atoms with Crippen LogP contribution >= 0.6 is 11.3 Å². The van der Waals surface area contributed by atoms with Gasteiger partial charge in [-0.15, -0.1) is 10.2 Å². The SMILES string of the molecule is CCc1nnc(CNC(=O)[C@@H]2C(C)=C2c2ccccc2)s1. The van der Waals surface area contributed by atoms with E-state index in [1.807, 2.05) is 44.2 Å².